The van der Waals surface area contributed by atoms with Crippen molar-refractivity contribution in [2.45, 2.75) is 25.4 Å². The van der Waals surface area contributed by atoms with Gasteiger partial charge in [-0.05, 0) is 25.8 Å². The largest absolute Gasteiger partial charge is 0.396 e. The Hall–Kier alpha value is -0.630. The summed E-state index contributed by atoms with van der Waals surface area (Å²) in [5, 5.41) is 17.3. The van der Waals surface area contributed by atoms with Gasteiger partial charge in [-0.1, -0.05) is 0 Å². The molecule has 1 saturated heterocycles. The number of hydrogen-bond acceptors (Lipinski definition) is 4. The molecule has 1 unspecified atom stereocenters. The summed E-state index contributed by atoms with van der Waals surface area (Å²) in [7, 11) is 0. The third-order valence-corrected chi connectivity index (χ3v) is 2.43. The van der Waals surface area contributed by atoms with Crippen LogP contribution in [0.3, 0.4) is 0 Å². The molecule has 4 nitrogen and oxygen atoms in total. The first-order valence-electron chi connectivity index (χ1n) is 5.21. The van der Waals surface area contributed by atoms with Crippen molar-refractivity contribution in [1.29, 1.82) is 5.26 Å². The van der Waals surface area contributed by atoms with E-state index in [2.05, 4.69) is 11.0 Å². The lowest BCUT2D eigenvalue weighted by Gasteiger charge is -2.29. The molecule has 1 rings (SSSR count). The van der Waals surface area contributed by atoms with Crippen molar-refractivity contribution in [2.75, 3.05) is 32.8 Å². The van der Waals surface area contributed by atoms with Gasteiger partial charge in [0.25, 0.3) is 0 Å². The van der Waals surface area contributed by atoms with Gasteiger partial charge in [-0.15, -0.1) is 0 Å². The first-order chi connectivity index (χ1) is 6.86. The SMILES string of the molecule is N#CC1CN(CCCCCO)CCO1. The van der Waals surface area contributed by atoms with Crippen molar-refractivity contribution in [2.24, 2.45) is 0 Å². The second kappa shape index (κ2) is 6.77. The Labute approximate surface area is 85.1 Å². The summed E-state index contributed by atoms with van der Waals surface area (Å²) >= 11 is 0. The standard InChI is InChI=1S/C10H18N2O2/c11-8-10-9-12(5-7-14-10)4-2-1-3-6-13/h10,13H,1-7,9H2. The van der Waals surface area contributed by atoms with E-state index in [0.717, 1.165) is 38.9 Å². The van der Waals surface area contributed by atoms with Crippen LogP contribution in [-0.4, -0.2) is 49.0 Å². The molecule has 1 fully saturated rings. The molecule has 0 spiro atoms. The number of aliphatic hydroxyl groups excluding tert-OH is 1. The second-order valence-electron chi connectivity index (χ2n) is 3.57. The van der Waals surface area contributed by atoms with Gasteiger partial charge in [-0.2, -0.15) is 5.26 Å². The minimum atomic E-state index is -0.249. The molecule has 4 heteroatoms. The highest BCUT2D eigenvalue weighted by Gasteiger charge is 2.18. The lowest BCUT2D eigenvalue weighted by molar-refractivity contribution is -0.0000451. The van der Waals surface area contributed by atoms with Crippen molar-refractivity contribution < 1.29 is 9.84 Å². The Bertz CT molecular complexity index is 191. The molecule has 14 heavy (non-hydrogen) atoms. The zero-order valence-corrected chi connectivity index (χ0v) is 8.48. The van der Waals surface area contributed by atoms with Crippen LogP contribution in [0.15, 0.2) is 0 Å². The summed E-state index contributed by atoms with van der Waals surface area (Å²) in [5.41, 5.74) is 0. The average Bonchev–Trinajstić information content (AvgIpc) is 2.25. The molecule has 1 N–H and O–H groups in total. The lowest BCUT2D eigenvalue weighted by atomic mass is 10.2. The molecule has 0 aliphatic carbocycles. The van der Waals surface area contributed by atoms with Crippen molar-refractivity contribution in [1.82, 2.24) is 4.90 Å². The van der Waals surface area contributed by atoms with Gasteiger partial charge >= 0.3 is 0 Å². The van der Waals surface area contributed by atoms with Crippen LogP contribution in [0.1, 0.15) is 19.3 Å². The molecule has 0 saturated carbocycles. The average molecular weight is 198 g/mol. The minimum absolute atomic E-state index is 0.249. The topological polar surface area (TPSA) is 56.5 Å². The maximum absolute atomic E-state index is 8.68. The fourth-order valence-electron chi connectivity index (χ4n) is 1.61. The monoisotopic (exact) mass is 198 g/mol. The number of ether oxygens (including phenoxy) is 1. The highest BCUT2D eigenvalue weighted by molar-refractivity contribution is 4.89. The number of unbranched alkanes of at least 4 members (excludes halogenated alkanes) is 2. The first-order valence-corrected chi connectivity index (χ1v) is 5.21. The number of rotatable bonds is 5. The molecular formula is C10H18N2O2. The van der Waals surface area contributed by atoms with Gasteiger partial charge in [0.15, 0.2) is 6.10 Å². The predicted molar refractivity (Wildman–Crippen MR) is 52.7 cm³/mol. The van der Waals surface area contributed by atoms with Crippen LogP contribution in [0.4, 0.5) is 0 Å². The fourth-order valence-corrected chi connectivity index (χ4v) is 1.61. The van der Waals surface area contributed by atoms with Crippen molar-refractivity contribution in [3.05, 3.63) is 0 Å². The highest BCUT2D eigenvalue weighted by Crippen LogP contribution is 2.06. The van der Waals surface area contributed by atoms with Crippen molar-refractivity contribution in [3.63, 3.8) is 0 Å². The molecule has 0 bridgehead atoms. The lowest BCUT2D eigenvalue weighted by Crippen LogP contribution is -2.42. The van der Waals surface area contributed by atoms with E-state index in [1.54, 1.807) is 0 Å². The summed E-state index contributed by atoms with van der Waals surface area (Å²) in [6.45, 7) is 3.62. The maximum Gasteiger partial charge on any atom is 0.156 e. The van der Waals surface area contributed by atoms with Gasteiger partial charge in [-0.3, -0.25) is 4.90 Å². The summed E-state index contributed by atoms with van der Waals surface area (Å²) in [6, 6.07) is 2.13. The second-order valence-corrected chi connectivity index (χ2v) is 3.57. The number of aliphatic hydroxyl groups is 1. The molecule has 1 aliphatic rings. The zero-order chi connectivity index (χ0) is 10.2. The third kappa shape index (κ3) is 4.05. The van der Waals surface area contributed by atoms with Gasteiger partial charge in [-0.25, -0.2) is 0 Å². The molecule has 1 heterocycles. The van der Waals surface area contributed by atoms with Gasteiger partial charge in [0.2, 0.25) is 0 Å². The van der Waals surface area contributed by atoms with Crippen molar-refractivity contribution in [3.8, 4) is 6.07 Å². The number of nitrogens with zero attached hydrogens (tertiary/aromatic N) is 2. The van der Waals surface area contributed by atoms with E-state index in [9.17, 15) is 0 Å². The third-order valence-electron chi connectivity index (χ3n) is 2.43. The van der Waals surface area contributed by atoms with E-state index in [-0.39, 0.29) is 12.7 Å². The highest BCUT2D eigenvalue weighted by atomic mass is 16.5. The number of nitriles is 1. The van der Waals surface area contributed by atoms with Crippen LogP contribution < -0.4 is 0 Å². The normalized spacial score (nSPS) is 23.3. The van der Waals surface area contributed by atoms with Crippen LogP contribution in [0, 0.1) is 11.3 Å². The minimum Gasteiger partial charge on any atom is -0.396 e. The van der Waals surface area contributed by atoms with E-state index in [1.807, 2.05) is 0 Å². The van der Waals surface area contributed by atoms with Crippen LogP contribution >= 0.6 is 0 Å². The molecule has 1 aliphatic heterocycles. The molecule has 0 aromatic rings. The smallest absolute Gasteiger partial charge is 0.156 e. The Morgan fingerprint density at radius 1 is 1.43 bits per heavy atom. The van der Waals surface area contributed by atoms with E-state index >= 15 is 0 Å². The van der Waals surface area contributed by atoms with Crippen molar-refractivity contribution >= 4 is 0 Å². The Kier molecular flexibility index (Phi) is 5.53. The molecular weight excluding hydrogens is 180 g/mol. The van der Waals surface area contributed by atoms with Gasteiger partial charge in [0.05, 0.1) is 12.7 Å². The van der Waals surface area contributed by atoms with E-state index in [4.69, 9.17) is 15.1 Å². The Morgan fingerprint density at radius 3 is 3.00 bits per heavy atom. The molecule has 1 atom stereocenters. The van der Waals surface area contributed by atoms with Crippen LogP contribution in [-0.2, 0) is 4.74 Å². The van der Waals surface area contributed by atoms with E-state index in [0.29, 0.717) is 6.61 Å². The summed E-state index contributed by atoms with van der Waals surface area (Å²) in [4.78, 5) is 2.26. The molecule has 0 amide bonds. The van der Waals surface area contributed by atoms with Gasteiger partial charge in [0.1, 0.15) is 0 Å². The zero-order valence-electron chi connectivity index (χ0n) is 8.48. The fraction of sp³-hybridized carbons (Fsp3) is 0.900. The summed E-state index contributed by atoms with van der Waals surface area (Å²) in [5.74, 6) is 0. The molecule has 80 valence electrons. The molecule has 0 radical (unpaired) electrons. The summed E-state index contributed by atoms with van der Waals surface area (Å²) < 4.78 is 5.24. The number of hydrogen-bond donors (Lipinski definition) is 1. The quantitative estimate of drug-likeness (QED) is 0.649. The van der Waals surface area contributed by atoms with E-state index < -0.39 is 0 Å². The number of morpholine rings is 1. The first kappa shape index (κ1) is 11.4. The Morgan fingerprint density at radius 2 is 2.29 bits per heavy atom. The van der Waals surface area contributed by atoms with Gasteiger partial charge < -0.3 is 9.84 Å². The summed E-state index contributed by atoms with van der Waals surface area (Å²) in [6.07, 6.45) is 2.79. The predicted octanol–water partition coefficient (Wildman–Crippen LogP) is 0.373. The van der Waals surface area contributed by atoms with E-state index in [1.165, 1.54) is 0 Å². The maximum atomic E-state index is 8.68. The molecule has 0 aromatic heterocycles. The van der Waals surface area contributed by atoms with Crippen LogP contribution in [0.25, 0.3) is 0 Å². The Balaban J connectivity index is 2.09. The van der Waals surface area contributed by atoms with Gasteiger partial charge in [0, 0.05) is 19.7 Å². The van der Waals surface area contributed by atoms with Crippen LogP contribution in [0.5, 0.6) is 0 Å². The van der Waals surface area contributed by atoms with Crippen LogP contribution in [0.2, 0.25) is 0 Å². The molecule has 0 aromatic carbocycles.